The molecule has 0 saturated heterocycles. The summed E-state index contributed by atoms with van der Waals surface area (Å²) in [6, 6.07) is 13.7. The monoisotopic (exact) mass is 380 g/mol. The van der Waals surface area contributed by atoms with Crippen molar-refractivity contribution in [3.05, 3.63) is 82.9 Å². The Bertz CT molecular complexity index is 1010. The Morgan fingerprint density at radius 1 is 1.22 bits per heavy atom. The van der Waals surface area contributed by atoms with Crippen molar-refractivity contribution in [3.63, 3.8) is 0 Å². The third kappa shape index (κ3) is 4.71. The minimum Gasteiger partial charge on any atom is -0.496 e. The van der Waals surface area contributed by atoms with Crippen molar-refractivity contribution in [1.82, 2.24) is 14.9 Å². The first-order chi connectivity index (χ1) is 13.2. The first kappa shape index (κ1) is 18.6. The molecule has 1 N–H and O–H groups in total. The highest BCUT2D eigenvalue weighted by atomic mass is 32.1. The highest BCUT2D eigenvalue weighted by Gasteiger charge is 2.07. The zero-order valence-corrected chi connectivity index (χ0v) is 15.8. The van der Waals surface area contributed by atoms with E-state index in [9.17, 15) is 0 Å². The van der Waals surface area contributed by atoms with Gasteiger partial charge in [0.05, 0.1) is 13.3 Å². The van der Waals surface area contributed by atoms with Crippen LogP contribution < -0.4 is 9.47 Å². The van der Waals surface area contributed by atoms with Crippen molar-refractivity contribution >= 4 is 18.4 Å². The Balaban J connectivity index is 1.80. The van der Waals surface area contributed by atoms with E-state index in [1.54, 1.807) is 13.3 Å². The summed E-state index contributed by atoms with van der Waals surface area (Å²) in [6.45, 7) is 4.17. The molecule has 3 rings (SSSR count). The highest BCUT2D eigenvalue weighted by molar-refractivity contribution is 7.71. The Kier molecular flexibility index (Phi) is 6.17. The summed E-state index contributed by atoms with van der Waals surface area (Å²) in [5.41, 5.74) is 2.92. The van der Waals surface area contributed by atoms with Gasteiger partial charge < -0.3 is 9.47 Å². The van der Waals surface area contributed by atoms with Gasteiger partial charge in [-0.3, -0.25) is 5.10 Å². The third-order valence-corrected chi connectivity index (χ3v) is 4.17. The van der Waals surface area contributed by atoms with Crippen LogP contribution in [0.5, 0.6) is 11.5 Å². The molecule has 0 atom stereocenters. The van der Waals surface area contributed by atoms with Crippen LogP contribution in [0.4, 0.5) is 0 Å². The molecule has 0 saturated carbocycles. The molecule has 7 heteroatoms. The molecule has 1 aromatic heterocycles. The van der Waals surface area contributed by atoms with Crippen molar-refractivity contribution in [2.24, 2.45) is 5.10 Å². The van der Waals surface area contributed by atoms with E-state index >= 15 is 0 Å². The number of allylic oxidation sites excluding steroid dienone is 1. The number of para-hydroxylation sites is 1. The lowest BCUT2D eigenvalue weighted by atomic mass is 10.1. The smallest absolute Gasteiger partial charge is 0.216 e. The summed E-state index contributed by atoms with van der Waals surface area (Å²) in [4.78, 5) is 0. The molecule has 2 aromatic carbocycles. The maximum absolute atomic E-state index is 6.03. The average Bonchev–Trinajstić information content (AvgIpc) is 3.11. The van der Waals surface area contributed by atoms with Crippen molar-refractivity contribution in [1.29, 1.82) is 0 Å². The summed E-state index contributed by atoms with van der Waals surface area (Å²) in [6.07, 6.45) is 5.84. The second-order valence-electron chi connectivity index (χ2n) is 5.71. The van der Waals surface area contributed by atoms with E-state index in [-0.39, 0.29) is 0 Å². The van der Waals surface area contributed by atoms with Gasteiger partial charge in [0.25, 0.3) is 0 Å². The van der Waals surface area contributed by atoms with E-state index in [0.717, 1.165) is 34.6 Å². The van der Waals surface area contributed by atoms with Gasteiger partial charge in [0, 0.05) is 5.56 Å². The van der Waals surface area contributed by atoms with E-state index < -0.39 is 0 Å². The fourth-order valence-electron chi connectivity index (χ4n) is 2.57. The second kappa shape index (κ2) is 8.95. The minimum absolute atomic E-state index is 0.379. The van der Waals surface area contributed by atoms with Crippen LogP contribution in [0.3, 0.4) is 0 Å². The van der Waals surface area contributed by atoms with Gasteiger partial charge in [-0.25, -0.2) is 0 Å². The lowest BCUT2D eigenvalue weighted by Crippen LogP contribution is -2.02. The van der Waals surface area contributed by atoms with E-state index in [2.05, 4.69) is 21.9 Å². The summed E-state index contributed by atoms with van der Waals surface area (Å²) in [5.74, 6) is 1.59. The van der Waals surface area contributed by atoms with Crippen LogP contribution in [0.2, 0.25) is 0 Å². The molecule has 0 unspecified atom stereocenters. The maximum atomic E-state index is 6.03. The number of nitrogens with one attached hydrogen (secondary N) is 1. The van der Waals surface area contributed by atoms with Gasteiger partial charge in [0.15, 0.2) is 0 Å². The molecule has 1 heterocycles. The van der Waals surface area contributed by atoms with Crippen LogP contribution in [-0.4, -0.2) is 28.2 Å². The Morgan fingerprint density at radius 2 is 2.07 bits per heavy atom. The minimum atomic E-state index is 0.379. The number of hydrogen-bond acceptors (Lipinski definition) is 5. The first-order valence-corrected chi connectivity index (χ1v) is 8.77. The normalized spacial score (nSPS) is 10.9. The number of ether oxygens (including phenoxy) is 2. The maximum Gasteiger partial charge on any atom is 0.216 e. The number of H-pyrrole nitrogens is 1. The van der Waals surface area contributed by atoms with Crippen molar-refractivity contribution in [2.45, 2.75) is 13.0 Å². The predicted octanol–water partition coefficient (Wildman–Crippen LogP) is 4.14. The fourth-order valence-corrected chi connectivity index (χ4v) is 2.72. The molecule has 6 nitrogen and oxygen atoms in total. The SMILES string of the molecule is C=CCc1ccccc1OCc1cc(C=Nn2cn[nH]c2=S)ccc1OC. The van der Waals surface area contributed by atoms with Gasteiger partial charge >= 0.3 is 0 Å². The standard InChI is InChI=1S/C20H20N4O2S/c1-3-6-16-7-4-5-8-19(16)26-13-17-11-15(9-10-18(17)25-2)12-22-24-14-21-23-20(24)27/h3-5,7-12,14H,1,6,13H2,2H3,(H,23,27). The number of aromatic amines is 1. The van der Waals surface area contributed by atoms with Crippen LogP contribution in [0, 0.1) is 4.77 Å². The number of nitrogens with zero attached hydrogens (tertiary/aromatic N) is 3. The summed E-state index contributed by atoms with van der Waals surface area (Å²) in [5, 5.41) is 10.8. The van der Waals surface area contributed by atoms with Gasteiger partial charge in [-0.05, 0) is 54.0 Å². The van der Waals surface area contributed by atoms with Crippen LogP contribution in [0.1, 0.15) is 16.7 Å². The van der Waals surface area contributed by atoms with Crippen LogP contribution in [0.15, 0.2) is 66.5 Å². The molecule has 0 radical (unpaired) electrons. The molecule has 0 aliphatic carbocycles. The fraction of sp³-hybridized carbons (Fsp3) is 0.150. The molecule has 3 aromatic rings. The van der Waals surface area contributed by atoms with Gasteiger partial charge in [0.1, 0.15) is 24.4 Å². The number of hydrogen-bond donors (Lipinski definition) is 1. The van der Waals surface area contributed by atoms with E-state index in [4.69, 9.17) is 21.7 Å². The van der Waals surface area contributed by atoms with E-state index in [1.165, 1.54) is 11.0 Å². The molecule has 27 heavy (non-hydrogen) atoms. The summed E-state index contributed by atoms with van der Waals surface area (Å²) in [7, 11) is 1.64. The molecule has 0 spiro atoms. The van der Waals surface area contributed by atoms with Gasteiger partial charge in [-0.15, -0.1) is 6.58 Å². The predicted molar refractivity (Wildman–Crippen MR) is 108 cm³/mol. The Labute approximate surface area is 162 Å². The van der Waals surface area contributed by atoms with Crippen LogP contribution >= 0.6 is 12.2 Å². The number of aromatic nitrogens is 3. The third-order valence-electron chi connectivity index (χ3n) is 3.89. The van der Waals surface area contributed by atoms with E-state index in [0.29, 0.717) is 11.4 Å². The van der Waals surface area contributed by atoms with Crippen LogP contribution in [-0.2, 0) is 13.0 Å². The Hall–Kier alpha value is -3.19. The van der Waals surface area contributed by atoms with Gasteiger partial charge in [-0.2, -0.15) is 14.9 Å². The quantitative estimate of drug-likeness (QED) is 0.362. The van der Waals surface area contributed by atoms with Crippen LogP contribution in [0.25, 0.3) is 0 Å². The molecule has 0 bridgehead atoms. The van der Waals surface area contributed by atoms with Crippen molar-refractivity contribution < 1.29 is 9.47 Å². The topological polar surface area (TPSA) is 64.4 Å². The molecule has 138 valence electrons. The summed E-state index contributed by atoms with van der Waals surface area (Å²) < 4.78 is 13.4. The van der Waals surface area contributed by atoms with Crippen molar-refractivity contribution in [2.75, 3.05) is 7.11 Å². The van der Waals surface area contributed by atoms with Gasteiger partial charge in [0.2, 0.25) is 4.77 Å². The lowest BCUT2D eigenvalue weighted by molar-refractivity contribution is 0.294. The van der Waals surface area contributed by atoms with Crippen molar-refractivity contribution in [3.8, 4) is 11.5 Å². The summed E-state index contributed by atoms with van der Waals surface area (Å²) >= 11 is 5.08. The number of rotatable bonds is 8. The zero-order valence-electron chi connectivity index (χ0n) is 15.0. The lowest BCUT2D eigenvalue weighted by Gasteiger charge is -2.13. The molecule has 0 aliphatic heterocycles. The molecule has 0 aliphatic rings. The number of benzene rings is 2. The first-order valence-electron chi connectivity index (χ1n) is 8.36. The largest absolute Gasteiger partial charge is 0.496 e. The molecular weight excluding hydrogens is 360 g/mol. The number of methoxy groups -OCH3 is 1. The second-order valence-corrected chi connectivity index (χ2v) is 6.10. The molecular formula is C20H20N4O2S. The molecule has 0 amide bonds. The zero-order chi connectivity index (χ0) is 19.1. The van der Waals surface area contributed by atoms with Gasteiger partial charge in [-0.1, -0.05) is 24.3 Å². The Morgan fingerprint density at radius 3 is 2.81 bits per heavy atom. The highest BCUT2D eigenvalue weighted by Crippen LogP contribution is 2.24. The van der Waals surface area contributed by atoms with E-state index in [1.807, 2.05) is 48.5 Å². The molecule has 0 fully saturated rings. The average molecular weight is 380 g/mol.